The number of carbonyl (C=O) groups excluding carboxylic acids is 1. The predicted molar refractivity (Wildman–Crippen MR) is 85.7 cm³/mol. The van der Waals surface area contributed by atoms with E-state index in [2.05, 4.69) is 43.8 Å². The highest BCUT2D eigenvalue weighted by molar-refractivity contribution is 14.1. The zero-order valence-corrected chi connectivity index (χ0v) is 13.9. The molecule has 6 heteroatoms. The maximum absolute atomic E-state index is 11.9. The predicted octanol–water partition coefficient (Wildman–Crippen LogP) is 4.38. The summed E-state index contributed by atoms with van der Waals surface area (Å²) in [6, 6.07) is 7.28. The Bertz CT molecular complexity index is 585. The maximum Gasteiger partial charge on any atom is 0.256 e. The first-order valence-corrected chi connectivity index (χ1v) is 7.74. The SMILES string of the molecule is COc1ccc(NC(=O)c2csc(I)c2)cc1Br. The lowest BCUT2D eigenvalue weighted by molar-refractivity contribution is 0.102. The smallest absolute Gasteiger partial charge is 0.256 e. The summed E-state index contributed by atoms with van der Waals surface area (Å²) >= 11 is 7.13. The van der Waals surface area contributed by atoms with Crippen LogP contribution in [-0.2, 0) is 0 Å². The number of thiophene rings is 1. The molecule has 0 spiro atoms. The molecule has 0 aliphatic carbocycles. The highest BCUT2D eigenvalue weighted by Gasteiger charge is 2.09. The Morgan fingerprint density at radius 3 is 2.78 bits per heavy atom. The van der Waals surface area contributed by atoms with Gasteiger partial charge in [0.25, 0.3) is 5.91 Å². The lowest BCUT2D eigenvalue weighted by Crippen LogP contribution is -2.10. The minimum atomic E-state index is -0.105. The van der Waals surface area contributed by atoms with Crippen LogP contribution in [0.25, 0.3) is 0 Å². The summed E-state index contributed by atoms with van der Waals surface area (Å²) in [6.45, 7) is 0. The number of rotatable bonds is 3. The quantitative estimate of drug-likeness (QED) is 0.723. The van der Waals surface area contributed by atoms with Gasteiger partial charge in [-0.2, -0.15) is 0 Å². The summed E-state index contributed by atoms with van der Waals surface area (Å²) in [5.41, 5.74) is 1.41. The highest BCUT2D eigenvalue weighted by atomic mass is 127. The van der Waals surface area contributed by atoms with Crippen molar-refractivity contribution in [3.63, 3.8) is 0 Å². The van der Waals surface area contributed by atoms with Crippen LogP contribution < -0.4 is 10.1 Å². The van der Waals surface area contributed by atoms with Gasteiger partial charge in [-0.1, -0.05) is 0 Å². The molecule has 1 amide bonds. The van der Waals surface area contributed by atoms with Gasteiger partial charge in [0.15, 0.2) is 0 Å². The molecule has 18 heavy (non-hydrogen) atoms. The van der Waals surface area contributed by atoms with Gasteiger partial charge in [0, 0.05) is 11.1 Å². The van der Waals surface area contributed by atoms with E-state index in [4.69, 9.17) is 4.74 Å². The molecule has 2 rings (SSSR count). The lowest BCUT2D eigenvalue weighted by atomic mass is 10.2. The molecule has 1 aromatic heterocycles. The van der Waals surface area contributed by atoms with Crippen LogP contribution in [0.2, 0.25) is 0 Å². The molecule has 1 N–H and O–H groups in total. The number of anilines is 1. The number of hydrogen-bond donors (Lipinski definition) is 1. The molecular formula is C12H9BrINO2S. The molecule has 0 unspecified atom stereocenters. The van der Waals surface area contributed by atoms with E-state index in [0.717, 1.165) is 18.8 Å². The summed E-state index contributed by atoms with van der Waals surface area (Å²) in [6.07, 6.45) is 0. The van der Waals surface area contributed by atoms with Gasteiger partial charge in [0.2, 0.25) is 0 Å². The van der Waals surface area contributed by atoms with Crippen LogP contribution in [0.1, 0.15) is 10.4 Å². The fourth-order valence-corrected chi connectivity index (χ4v) is 3.24. The van der Waals surface area contributed by atoms with Crippen molar-refractivity contribution in [1.29, 1.82) is 0 Å². The van der Waals surface area contributed by atoms with Crippen molar-refractivity contribution in [3.8, 4) is 5.75 Å². The molecule has 0 radical (unpaired) electrons. The molecule has 94 valence electrons. The third-order valence-corrected chi connectivity index (χ3v) is 4.65. The first kappa shape index (κ1) is 13.8. The van der Waals surface area contributed by atoms with Crippen molar-refractivity contribution >= 4 is 61.5 Å². The van der Waals surface area contributed by atoms with Crippen LogP contribution >= 0.6 is 49.9 Å². The lowest BCUT2D eigenvalue weighted by Gasteiger charge is -2.07. The van der Waals surface area contributed by atoms with E-state index >= 15 is 0 Å². The Labute approximate surface area is 131 Å². The summed E-state index contributed by atoms with van der Waals surface area (Å²) in [5.74, 6) is 0.629. The van der Waals surface area contributed by atoms with Gasteiger partial charge >= 0.3 is 0 Å². The first-order chi connectivity index (χ1) is 8.60. The second kappa shape index (κ2) is 6.03. The maximum atomic E-state index is 11.9. The Hall–Kier alpha value is -0.600. The molecular weight excluding hydrogens is 429 g/mol. The molecule has 0 saturated carbocycles. The average molecular weight is 438 g/mol. The Morgan fingerprint density at radius 1 is 1.44 bits per heavy atom. The van der Waals surface area contributed by atoms with Crippen LogP contribution in [-0.4, -0.2) is 13.0 Å². The molecule has 2 aromatic rings. The average Bonchev–Trinajstić information content (AvgIpc) is 2.76. The summed E-state index contributed by atoms with van der Waals surface area (Å²) in [5, 5.41) is 4.69. The third-order valence-electron chi connectivity index (χ3n) is 2.24. The Morgan fingerprint density at radius 2 is 2.22 bits per heavy atom. The van der Waals surface area contributed by atoms with Gasteiger partial charge in [-0.05, 0) is 62.8 Å². The van der Waals surface area contributed by atoms with E-state index in [9.17, 15) is 4.79 Å². The molecule has 0 aliphatic rings. The molecule has 0 aliphatic heterocycles. The number of ether oxygens (including phenoxy) is 1. The largest absolute Gasteiger partial charge is 0.496 e. The highest BCUT2D eigenvalue weighted by Crippen LogP contribution is 2.28. The molecule has 0 bridgehead atoms. The van der Waals surface area contributed by atoms with Gasteiger partial charge in [-0.25, -0.2) is 0 Å². The van der Waals surface area contributed by atoms with Crippen LogP contribution in [0.15, 0.2) is 34.1 Å². The summed E-state index contributed by atoms with van der Waals surface area (Å²) in [7, 11) is 1.60. The minimum Gasteiger partial charge on any atom is -0.496 e. The second-order valence-electron chi connectivity index (χ2n) is 3.44. The van der Waals surface area contributed by atoms with Crippen molar-refractivity contribution < 1.29 is 9.53 Å². The minimum absolute atomic E-state index is 0.105. The summed E-state index contributed by atoms with van der Waals surface area (Å²) in [4.78, 5) is 11.9. The standard InChI is InChI=1S/C12H9BrINO2S/c1-17-10-3-2-8(5-9(10)13)15-12(16)7-4-11(14)18-6-7/h2-6H,1H3,(H,15,16). The molecule has 1 heterocycles. The zero-order valence-electron chi connectivity index (χ0n) is 9.37. The number of nitrogens with one attached hydrogen (secondary N) is 1. The molecule has 0 saturated heterocycles. The van der Waals surface area contributed by atoms with Crippen molar-refractivity contribution in [2.24, 2.45) is 0 Å². The Kier molecular flexibility index (Phi) is 4.63. The number of amides is 1. The zero-order chi connectivity index (χ0) is 13.1. The van der Waals surface area contributed by atoms with Crippen molar-refractivity contribution in [1.82, 2.24) is 0 Å². The van der Waals surface area contributed by atoms with Gasteiger partial charge in [0.05, 0.1) is 20.0 Å². The van der Waals surface area contributed by atoms with E-state index < -0.39 is 0 Å². The van der Waals surface area contributed by atoms with E-state index in [1.54, 1.807) is 30.6 Å². The molecule has 3 nitrogen and oxygen atoms in total. The molecule has 0 atom stereocenters. The number of carbonyl (C=O) groups is 1. The van der Waals surface area contributed by atoms with E-state index in [1.165, 1.54) is 0 Å². The van der Waals surface area contributed by atoms with Crippen molar-refractivity contribution in [2.45, 2.75) is 0 Å². The van der Waals surface area contributed by atoms with Crippen molar-refractivity contribution in [2.75, 3.05) is 12.4 Å². The molecule has 1 aromatic carbocycles. The van der Waals surface area contributed by atoms with E-state index in [-0.39, 0.29) is 5.91 Å². The normalized spacial score (nSPS) is 10.2. The third kappa shape index (κ3) is 3.24. The Balaban J connectivity index is 2.14. The number of methoxy groups -OCH3 is 1. The van der Waals surface area contributed by atoms with E-state index in [0.29, 0.717) is 5.56 Å². The fraction of sp³-hybridized carbons (Fsp3) is 0.0833. The topological polar surface area (TPSA) is 38.3 Å². The van der Waals surface area contributed by atoms with Gasteiger partial charge in [0.1, 0.15) is 5.75 Å². The van der Waals surface area contributed by atoms with E-state index in [1.807, 2.05) is 17.5 Å². The van der Waals surface area contributed by atoms with Gasteiger partial charge in [-0.15, -0.1) is 11.3 Å². The number of halogens is 2. The first-order valence-electron chi connectivity index (χ1n) is 4.99. The van der Waals surface area contributed by atoms with Gasteiger partial charge in [-0.3, -0.25) is 4.79 Å². The van der Waals surface area contributed by atoms with Crippen LogP contribution in [0, 0.1) is 2.88 Å². The van der Waals surface area contributed by atoms with Crippen molar-refractivity contribution in [3.05, 3.63) is 42.6 Å². The van der Waals surface area contributed by atoms with Crippen LogP contribution in [0.3, 0.4) is 0 Å². The second-order valence-corrected chi connectivity index (χ2v) is 7.10. The summed E-state index contributed by atoms with van der Waals surface area (Å²) < 4.78 is 7.03. The van der Waals surface area contributed by atoms with Gasteiger partial charge < -0.3 is 10.1 Å². The number of hydrogen-bond acceptors (Lipinski definition) is 3. The fourth-order valence-electron chi connectivity index (χ4n) is 1.38. The monoisotopic (exact) mass is 437 g/mol. The molecule has 0 fully saturated rings. The van der Waals surface area contributed by atoms with Crippen LogP contribution in [0.4, 0.5) is 5.69 Å². The number of benzene rings is 1. The van der Waals surface area contributed by atoms with Crippen LogP contribution in [0.5, 0.6) is 5.75 Å².